The van der Waals surface area contributed by atoms with E-state index in [9.17, 15) is 13.2 Å². The van der Waals surface area contributed by atoms with Gasteiger partial charge in [0.2, 0.25) is 10.0 Å². The number of hydrogen-bond donors (Lipinski definition) is 0. The Hall–Kier alpha value is -2.55. The van der Waals surface area contributed by atoms with Crippen LogP contribution in [0.2, 0.25) is 0 Å². The third-order valence-corrected chi connectivity index (χ3v) is 7.67. The molecule has 152 valence electrons. The number of rotatable bonds is 7. The van der Waals surface area contributed by atoms with Crippen LogP contribution in [0.3, 0.4) is 0 Å². The molecule has 6 nitrogen and oxygen atoms in total. The lowest BCUT2D eigenvalue weighted by Gasteiger charge is -2.18. The fourth-order valence-electron chi connectivity index (χ4n) is 3.05. The highest BCUT2D eigenvalue weighted by Crippen LogP contribution is 2.18. The number of nitrogens with zero attached hydrogens (tertiary/aromatic N) is 3. The smallest absolute Gasteiger partial charge is 0.279 e. The van der Waals surface area contributed by atoms with E-state index in [1.54, 1.807) is 19.9 Å². The average molecular weight is 430 g/mol. The Bertz CT molecular complexity index is 1200. The van der Waals surface area contributed by atoms with Gasteiger partial charge in [-0.3, -0.25) is 4.79 Å². The standard InChI is InChI=1S/C21H23N3O3S2/c1-4-15-24-18-9-7-8-10-19(18)28-21(24)22-20(25)16-11-13-17(14-12-16)29(26,27)23(5-2)6-3/h4,7-14H,1,5-6,15H2,2-3H3. The van der Waals surface area contributed by atoms with Crippen LogP contribution in [0.25, 0.3) is 10.2 Å². The number of amides is 1. The summed E-state index contributed by atoms with van der Waals surface area (Å²) in [5.74, 6) is -0.416. The van der Waals surface area contributed by atoms with Crippen molar-refractivity contribution < 1.29 is 13.2 Å². The van der Waals surface area contributed by atoms with Gasteiger partial charge < -0.3 is 4.57 Å². The van der Waals surface area contributed by atoms with Crippen LogP contribution in [0.15, 0.2) is 71.1 Å². The number of carbonyl (C=O) groups excluding carboxylic acids is 1. The fraction of sp³-hybridized carbons (Fsp3) is 0.238. The van der Waals surface area contributed by atoms with Crippen LogP contribution in [-0.4, -0.2) is 36.3 Å². The zero-order valence-electron chi connectivity index (χ0n) is 16.4. The number of benzene rings is 2. The Morgan fingerprint density at radius 2 is 1.79 bits per heavy atom. The molecule has 0 aliphatic rings. The molecule has 0 saturated carbocycles. The number of para-hydroxylation sites is 1. The normalized spacial score (nSPS) is 12.6. The van der Waals surface area contributed by atoms with Crippen molar-refractivity contribution in [2.24, 2.45) is 4.99 Å². The maximum Gasteiger partial charge on any atom is 0.279 e. The van der Waals surface area contributed by atoms with E-state index in [2.05, 4.69) is 11.6 Å². The quantitative estimate of drug-likeness (QED) is 0.538. The summed E-state index contributed by atoms with van der Waals surface area (Å²) in [7, 11) is -3.56. The van der Waals surface area contributed by atoms with Gasteiger partial charge in [0.25, 0.3) is 5.91 Å². The molecule has 0 saturated heterocycles. The van der Waals surface area contributed by atoms with Crippen molar-refractivity contribution in [3.8, 4) is 0 Å². The molecule has 0 unspecified atom stereocenters. The summed E-state index contributed by atoms with van der Waals surface area (Å²) in [5, 5.41) is 0. The Morgan fingerprint density at radius 3 is 2.41 bits per heavy atom. The molecule has 0 aliphatic heterocycles. The monoisotopic (exact) mass is 429 g/mol. The predicted molar refractivity (Wildman–Crippen MR) is 116 cm³/mol. The second-order valence-electron chi connectivity index (χ2n) is 6.28. The minimum atomic E-state index is -3.56. The summed E-state index contributed by atoms with van der Waals surface area (Å²) >= 11 is 1.43. The molecular formula is C21H23N3O3S2. The third-order valence-electron chi connectivity index (χ3n) is 4.54. The summed E-state index contributed by atoms with van der Waals surface area (Å²) in [6.07, 6.45) is 1.76. The number of hydrogen-bond acceptors (Lipinski definition) is 4. The lowest BCUT2D eigenvalue weighted by Crippen LogP contribution is -2.30. The topological polar surface area (TPSA) is 71.7 Å². The summed E-state index contributed by atoms with van der Waals surface area (Å²) < 4.78 is 29.5. The molecule has 1 amide bonds. The van der Waals surface area contributed by atoms with Crippen molar-refractivity contribution in [3.63, 3.8) is 0 Å². The van der Waals surface area contributed by atoms with Crippen molar-refractivity contribution in [3.05, 3.63) is 71.6 Å². The van der Waals surface area contributed by atoms with Gasteiger partial charge in [0.15, 0.2) is 4.80 Å². The van der Waals surface area contributed by atoms with Crippen LogP contribution < -0.4 is 4.80 Å². The first-order valence-corrected chi connectivity index (χ1v) is 11.6. The number of sulfonamides is 1. The van der Waals surface area contributed by atoms with Crippen molar-refractivity contribution in [2.75, 3.05) is 13.1 Å². The van der Waals surface area contributed by atoms with Crippen LogP contribution in [0, 0.1) is 0 Å². The van der Waals surface area contributed by atoms with Gasteiger partial charge >= 0.3 is 0 Å². The zero-order chi connectivity index (χ0) is 21.0. The van der Waals surface area contributed by atoms with E-state index in [0.717, 1.165) is 10.2 Å². The summed E-state index contributed by atoms with van der Waals surface area (Å²) in [6, 6.07) is 13.8. The van der Waals surface area contributed by atoms with Crippen LogP contribution in [0.5, 0.6) is 0 Å². The van der Waals surface area contributed by atoms with E-state index in [4.69, 9.17) is 0 Å². The Balaban J connectivity index is 1.97. The van der Waals surface area contributed by atoms with Gasteiger partial charge in [-0.25, -0.2) is 8.42 Å². The predicted octanol–water partition coefficient (Wildman–Crippen LogP) is 3.66. The molecule has 29 heavy (non-hydrogen) atoms. The molecule has 3 aromatic rings. The Labute approximate surface area is 174 Å². The molecule has 1 aromatic heterocycles. The largest absolute Gasteiger partial charge is 0.312 e. The molecule has 0 N–H and O–H groups in total. The van der Waals surface area contributed by atoms with Gasteiger partial charge in [-0.15, -0.1) is 6.58 Å². The molecule has 8 heteroatoms. The minimum Gasteiger partial charge on any atom is -0.312 e. The highest BCUT2D eigenvalue weighted by Gasteiger charge is 2.21. The first-order valence-electron chi connectivity index (χ1n) is 9.30. The lowest BCUT2D eigenvalue weighted by molar-refractivity contribution is 0.0998. The van der Waals surface area contributed by atoms with E-state index in [1.807, 2.05) is 28.8 Å². The van der Waals surface area contributed by atoms with Crippen LogP contribution >= 0.6 is 11.3 Å². The minimum absolute atomic E-state index is 0.168. The van der Waals surface area contributed by atoms with Gasteiger partial charge in [0.1, 0.15) is 0 Å². The maximum atomic E-state index is 12.7. The van der Waals surface area contributed by atoms with E-state index in [1.165, 1.54) is 39.9 Å². The SMILES string of the molecule is C=CCn1c(=NC(=O)c2ccc(S(=O)(=O)N(CC)CC)cc2)sc2ccccc21. The van der Waals surface area contributed by atoms with Crippen LogP contribution in [-0.2, 0) is 16.6 Å². The molecule has 0 bridgehead atoms. The highest BCUT2D eigenvalue weighted by molar-refractivity contribution is 7.89. The summed E-state index contributed by atoms with van der Waals surface area (Å²) in [4.78, 5) is 17.7. The summed E-state index contributed by atoms with van der Waals surface area (Å²) in [5.41, 5.74) is 1.33. The molecule has 0 fully saturated rings. The number of allylic oxidation sites excluding steroid dienone is 1. The highest BCUT2D eigenvalue weighted by atomic mass is 32.2. The van der Waals surface area contributed by atoms with Gasteiger partial charge in [0.05, 0.1) is 15.1 Å². The van der Waals surface area contributed by atoms with Crippen molar-refractivity contribution in [2.45, 2.75) is 25.3 Å². The first kappa shape index (κ1) is 21.2. The Kier molecular flexibility index (Phi) is 6.46. The van der Waals surface area contributed by atoms with Crippen LogP contribution in [0.4, 0.5) is 0 Å². The molecule has 0 aliphatic carbocycles. The maximum absolute atomic E-state index is 12.7. The molecule has 0 spiro atoms. The summed E-state index contributed by atoms with van der Waals surface area (Å²) in [6.45, 7) is 8.69. The van der Waals surface area contributed by atoms with Gasteiger partial charge in [0, 0.05) is 25.2 Å². The Morgan fingerprint density at radius 1 is 1.14 bits per heavy atom. The fourth-order valence-corrected chi connectivity index (χ4v) is 5.54. The second-order valence-corrected chi connectivity index (χ2v) is 9.23. The van der Waals surface area contributed by atoms with Crippen LogP contribution in [0.1, 0.15) is 24.2 Å². The van der Waals surface area contributed by atoms with E-state index >= 15 is 0 Å². The molecule has 1 heterocycles. The van der Waals surface area contributed by atoms with Gasteiger partial charge in [-0.1, -0.05) is 43.4 Å². The van der Waals surface area contributed by atoms with Gasteiger partial charge in [-0.2, -0.15) is 9.30 Å². The van der Waals surface area contributed by atoms with E-state index in [0.29, 0.717) is 30.0 Å². The van der Waals surface area contributed by atoms with Crippen molar-refractivity contribution in [1.29, 1.82) is 0 Å². The van der Waals surface area contributed by atoms with Gasteiger partial charge in [-0.05, 0) is 36.4 Å². The van der Waals surface area contributed by atoms with Crippen molar-refractivity contribution >= 4 is 37.5 Å². The van der Waals surface area contributed by atoms with E-state index in [-0.39, 0.29) is 4.90 Å². The number of carbonyl (C=O) groups is 1. The lowest BCUT2D eigenvalue weighted by atomic mass is 10.2. The zero-order valence-corrected chi connectivity index (χ0v) is 18.0. The first-order chi connectivity index (χ1) is 13.9. The number of aromatic nitrogens is 1. The molecular weight excluding hydrogens is 406 g/mol. The molecule has 0 radical (unpaired) electrons. The molecule has 3 rings (SSSR count). The molecule has 0 atom stereocenters. The number of thiazole rings is 1. The number of fused-ring (bicyclic) bond motifs is 1. The third kappa shape index (κ3) is 4.24. The molecule has 2 aromatic carbocycles. The van der Waals surface area contributed by atoms with Crippen molar-refractivity contribution in [1.82, 2.24) is 8.87 Å². The van der Waals surface area contributed by atoms with E-state index < -0.39 is 15.9 Å². The average Bonchev–Trinajstić information content (AvgIpc) is 3.06. The second kappa shape index (κ2) is 8.86.